The summed E-state index contributed by atoms with van der Waals surface area (Å²) in [4.78, 5) is 21.7. The van der Waals surface area contributed by atoms with Gasteiger partial charge in [-0.1, -0.05) is 0 Å². The summed E-state index contributed by atoms with van der Waals surface area (Å²) >= 11 is 3.81. The van der Waals surface area contributed by atoms with Crippen LogP contribution in [0, 0.1) is 11.8 Å². The molecule has 1 saturated carbocycles. The van der Waals surface area contributed by atoms with Crippen LogP contribution in [-0.2, 0) is 9.53 Å². The number of methoxy groups -OCH3 is 1. The van der Waals surface area contributed by atoms with Crippen molar-refractivity contribution in [2.24, 2.45) is 11.8 Å². The van der Waals surface area contributed by atoms with Gasteiger partial charge in [0.1, 0.15) is 0 Å². The summed E-state index contributed by atoms with van der Waals surface area (Å²) in [5.74, 6) is 0.456. The predicted molar refractivity (Wildman–Crippen MR) is 55.2 cm³/mol. The summed E-state index contributed by atoms with van der Waals surface area (Å²) in [6, 6.07) is 0. The molecule has 1 aliphatic rings. The Morgan fingerprint density at radius 2 is 2.21 bits per heavy atom. The Kier molecular flexibility index (Phi) is 4.25. The van der Waals surface area contributed by atoms with E-state index >= 15 is 0 Å². The lowest BCUT2D eigenvalue weighted by Gasteiger charge is -2.09. The lowest BCUT2D eigenvalue weighted by molar-refractivity contribution is -0.114. The first kappa shape index (κ1) is 11.4. The van der Waals surface area contributed by atoms with E-state index in [0.29, 0.717) is 12.5 Å². The quantitative estimate of drug-likeness (QED) is 0.699. The Morgan fingerprint density at radius 1 is 1.50 bits per heavy atom. The normalized spacial score (nSPS) is 25.9. The summed E-state index contributed by atoms with van der Waals surface area (Å²) in [6.45, 7) is 0.588. The third-order valence-corrected chi connectivity index (χ3v) is 2.98. The summed E-state index contributed by atoms with van der Waals surface area (Å²) in [5, 5.41) is 2.60. The molecule has 1 amide bonds. The average Bonchev–Trinajstić information content (AvgIpc) is 2.62. The molecule has 1 fully saturated rings. The maximum atomic E-state index is 10.9. The SMILES string of the molecule is COC(=O)NC[C@@H]1CC[C@H](C(=O)S)C1. The third-order valence-electron chi connectivity index (χ3n) is 2.61. The number of thiol groups is 1. The summed E-state index contributed by atoms with van der Waals surface area (Å²) < 4.78 is 4.45. The summed E-state index contributed by atoms with van der Waals surface area (Å²) in [5.41, 5.74) is 0. The molecule has 0 aromatic carbocycles. The molecule has 80 valence electrons. The van der Waals surface area contributed by atoms with Crippen molar-refractivity contribution in [1.29, 1.82) is 0 Å². The van der Waals surface area contributed by atoms with Crippen LogP contribution in [0.2, 0.25) is 0 Å². The van der Waals surface area contributed by atoms with E-state index in [9.17, 15) is 9.59 Å². The number of hydrogen-bond donors (Lipinski definition) is 2. The largest absolute Gasteiger partial charge is 0.453 e. The molecule has 2 atom stereocenters. The van der Waals surface area contributed by atoms with Crippen molar-refractivity contribution in [2.45, 2.75) is 19.3 Å². The second-order valence-corrected chi connectivity index (χ2v) is 4.03. The molecule has 0 bridgehead atoms. The number of amides is 1. The first-order valence-electron chi connectivity index (χ1n) is 4.68. The number of nitrogens with one attached hydrogen (secondary N) is 1. The second kappa shape index (κ2) is 5.24. The van der Waals surface area contributed by atoms with Crippen LogP contribution in [0.15, 0.2) is 0 Å². The number of alkyl carbamates (subject to hydrolysis) is 1. The maximum absolute atomic E-state index is 10.9. The zero-order chi connectivity index (χ0) is 10.6. The molecule has 0 heterocycles. The fourth-order valence-corrected chi connectivity index (χ4v) is 2.02. The molecule has 0 radical (unpaired) electrons. The first-order valence-corrected chi connectivity index (χ1v) is 5.12. The molecule has 0 saturated heterocycles. The van der Waals surface area contributed by atoms with E-state index in [1.165, 1.54) is 7.11 Å². The van der Waals surface area contributed by atoms with Crippen LogP contribution in [0.1, 0.15) is 19.3 Å². The standard InChI is InChI=1S/C9H15NO3S/c1-13-9(12)10-5-6-2-3-7(4-6)8(11)14/h6-7H,2-5H2,1H3,(H,10,12)(H,11,14)/t6-,7+/m1/s1. The monoisotopic (exact) mass is 217 g/mol. The highest BCUT2D eigenvalue weighted by atomic mass is 32.1. The minimum atomic E-state index is -0.411. The third kappa shape index (κ3) is 3.21. The molecule has 14 heavy (non-hydrogen) atoms. The number of hydrogen-bond acceptors (Lipinski definition) is 3. The highest BCUT2D eigenvalue weighted by Gasteiger charge is 2.28. The summed E-state index contributed by atoms with van der Waals surface area (Å²) in [6.07, 6.45) is 2.27. The Labute approximate surface area is 88.8 Å². The van der Waals surface area contributed by atoms with Gasteiger partial charge in [-0.05, 0) is 25.2 Å². The van der Waals surface area contributed by atoms with Crippen molar-refractivity contribution in [3.8, 4) is 0 Å². The van der Waals surface area contributed by atoms with Gasteiger partial charge in [0.2, 0.25) is 0 Å². The maximum Gasteiger partial charge on any atom is 0.406 e. The van der Waals surface area contributed by atoms with Crippen LogP contribution < -0.4 is 5.32 Å². The lowest BCUT2D eigenvalue weighted by Crippen LogP contribution is -2.28. The van der Waals surface area contributed by atoms with Gasteiger partial charge in [0.05, 0.1) is 7.11 Å². The molecule has 0 aliphatic heterocycles. The van der Waals surface area contributed by atoms with Gasteiger partial charge < -0.3 is 10.1 Å². The van der Waals surface area contributed by atoms with Crippen molar-refractivity contribution in [1.82, 2.24) is 5.32 Å². The summed E-state index contributed by atoms with van der Waals surface area (Å²) in [7, 11) is 1.34. The van der Waals surface area contributed by atoms with Gasteiger partial charge in [0, 0.05) is 12.5 Å². The second-order valence-electron chi connectivity index (χ2n) is 3.59. The number of carbonyl (C=O) groups is 2. The van der Waals surface area contributed by atoms with E-state index in [-0.39, 0.29) is 11.0 Å². The minimum Gasteiger partial charge on any atom is -0.453 e. The van der Waals surface area contributed by atoms with Crippen LogP contribution in [0.3, 0.4) is 0 Å². The van der Waals surface area contributed by atoms with Gasteiger partial charge in [-0.3, -0.25) is 4.79 Å². The van der Waals surface area contributed by atoms with Crippen LogP contribution >= 0.6 is 12.6 Å². The van der Waals surface area contributed by atoms with Gasteiger partial charge in [0.15, 0.2) is 5.12 Å². The van der Waals surface area contributed by atoms with Gasteiger partial charge in [-0.15, -0.1) is 12.6 Å². The number of carbonyl (C=O) groups excluding carboxylic acids is 2. The molecule has 0 aromatic rings. The Bertz CT molecular complexity index is 232. The zero-order valence-electron chi connectivity index (χ0n) is 8.16. The Balaban J connectivity index is 2.22. The zero-order valence-corrected chi connectivity index (χ0v) is 9.05. The van der Waals surface area contributed by atoms with Crippen LogP contribution in [0.5, 0.6) is 0 Å². The van der Waals surface area contributed by atoms with Gasteiger partial charge in [-0.2, -0.15) is 0 Å². The van der Waals surface area contributed by atoms with Crippen molar-refractivity contribution in [3.63, 3.8) is 0 Å². The molecular formula is C9H15NO3S. The highest BCUT2D eigenvalue weighted by Crippen LogP contribution is 2.31. The first-order chi connectivity index (χ1) is 6.63. The molecule has 0 aromatic heterocycles. The average molecular weight is 217 g/mol. The van der Waals surface area contributed by atoms with E-state index in [4.69, 9.17) is 0 Å². The van der Waals surface area contributed by atoms with E-state index < -0.39 is 6.09 Å². The fraction of sp³-hybridized carbons (Fsp3) is 0.778. The van der Waals surface area contributed by atoms with Crippen LogP contribution in [0.4, 0.5) is 4.79 Å². The van der Waals surface area contributed by atoms with E-state index in [1.807, 2.05) is 0 Å². The van der Waals surface area contributed by atoms with E-state index in [0.717, 1.165) is 19.3 Å². The van der Waals surface area contributed by atoms with Gasteiger partial charge >= 0.3 is 6.09 Å². The number of rotatable bonds is 3. The topological polar surface area (TPSA) is 55.4 Å². The van der Waals surface area contributed by atoms with Crippen molar-refractivity contribution >= 4 is 23.8 Å². The molecule has 0 spiro atoms. The van der Waals surface area contributed by atoms with Crippen LogP contribution in [0.25, 0.3) is 0 Å². The molecule has 1 N–H and O–H groups in total. The van der Waals surface area contributed by atoms with Crippen molar-refractivity contribution < 1.29 is 14.3 Å². The molecule has 0 unspecified atom stereocenters. The number of ether oxygens (including phenoxy) is 1. The van der Waals surface area contributed by atoms with E-state index in [2.05, 4.69) is 22.7 Å². The smallest absolute Gasteiger partial charge is 0.406 e. The Morgan fingerprint density at radius 3 is 2.71 bits per heavy atom. The molecular weight excluding hydrogens is 202 g/mol. The minimum absolute atomic E-state index is 0.0365. The predicted octanol–water partition coefficient (Wildman–Crippen LogP) is 1.22. The molecule has 1 rings (SSSR count). The van der Waals surface area contributed by atoms with Gasteiger partial charge in [-0.25, -0.2) is 4.79 Å². The van der Waals surface area contributed by atoms with Crippen molar-refractivity contribution in [3.05, 3.63) is 0 Å². The highest BCUT2D eigenvalue weighted by molar-refractivity contribution is 7.96. The molecule has 1 aliphatic carbocycles. The van der Waals surface area contributed by atoms with E-state index in [1.54, 1.807) is 0 Å². The molecule has 4 nitrogen and oxygen atoms in total. The lowest BCUT2D eigenvalue weighted by atomic mass is 10.1. The Hall–Kier alpha value is -0.710. The van der Waals surface area contributed by atoms with Crippen LogP contribution in [-0.4, -0.2) is 24.9 Å². The fourth-order valence-electron chi connectivity index (χ4n) is 1.78. The molecule has 5 heteroatoms. The van der Waals surface area contributed by atoms with Gasteiger partial charge in [0.25, 0.3) is 0 Å². The van der Waals surface area contributed by atoms with Crippen molar-refractivity contribution in [2.75, 3.05) is 13.7 Å².